The third kappa shape index (κ3) is 3.19. The van der Waals surface area contributed by atoms with Crippen LogP contribution in [-0.4, -0.2) is 11.7 Å². The summed E-state index contributed by atoms with van der Waals surface area (Å²) in [4.78, 5) is 23.6. The Bertz CT molecular complexity index is 677. The molecule has 1 heterocycles. The number of anilines is 1. The van der Waals surface area contributed by atoms with Crippen molar-refractivity contribution in [1.29, 1.82) is 0 Å². The topological polar surface area (TPSA) is 46.2 Å². The number of fused-ring (bicyclic) bond motifs is 1. The Hall–Kier alpha value is -2.42. The molecule has 0 aliphatic carbocycles. The minimum absolute atomic E-state index is 0.0469. The number of Topliss-reactive ketones (excluding diaryl/α,β-unsaturated/α-hetero) is 1. The second-order valence-electron chi connectivity index (χ2n) is 5.33. The molecule has 0 unspecified atom stereocenters. The van der Waals surface area contributed by atoms with Crippen LogP contribution in [0, 0.1) is 0 Å². The zero-order valence-electron chi connectivity index (χ0n) is 11.8. The number of amides is 1. The van der Waals surface area contributed by atoms with Crippen LogP contribution in [0.2, 0.25) is 0 Å². The summed E-state index contributed by atoms with van der Waals surface area (Å²) in [5.74, 6) is 0.198. The third-order valence-electron chi connectivity index (χ3n) is 3.81. The van der Waals surface area contributed by atoms with E-state index in [-0.39, 0.29) is 11.7 Å². The second-order valence-corrected chi connectivity index (χ2v) is 5.33. The first-order chi connectivity index (χ1) is 10.2. The molecular formula is C18H17NO2. The smallest absolute Gasteiger partial charge is 0.224 e. The van der Waals surface area contributed by atoms with E-state index in [4.69, 9.17) is 0 Å². The number of aryl methyl sites for hydroxylation is 2. The fourth-order valence-electron chi connectivity index (χ4n) is 2.60. The molecule has 3 rings (SSSR count). The van der Waals surface area contributed by atoms with E-state index in [1.807, 2.05) is 42.5 Å². The van der Waals surface area contributed by atoms with Crippen LogP contribution in [0.3, 0.4) is 0 Å². The van der Waals surface area contributed by atoms with Crippen molar-refractivity contribution in [2.24, 2.45) is 0 Å². The van der Waals surface area contributed by atoms with Gasteiger partial charge >= 0.3 is 0 Å². The minimum Gasteiger partial charge on any atom is -0.326 e. The van der Waals surface area contributed by atoms with E-state index in [1.165, 1.54) is 5.56 Å². The van der Waals surface area contributed by atoms with Gasteiger partial charge in [0.15, 0.2) is 5.78 Å². The molecule has 0 saturated heterocycles. The first-order valence-electron chi connectivity index (χ1n) is 7.22. The lowest BCUT2D eigenvalue weighted by Gasteiger charge is -2.17. The lowest BCUT2D eigenvalue weighted by molar-refractivity contribution is -0.116. The molecule has 0 fully saturated rings. The number of nitrogens with one attached hydrogen (secondary N) is 1. The summed E-state index contributed by atoms with van der Waals surface area (Å²) in [6.07, 6.45) is 2.47. The summed E-state index contributed by atoms with van der Waals surface area (Å²) in [7, 11) is 0. The van der Waals surface area contributed by atoms with Crippen LogP contribution in [0.1, 0.15) is 34.3 Å². The standard InChI is InChI=1S/C18H17NO2/c20-17(10-6-13-4-2-1-3-5-13)15-7-9-16-14(12-15)8-11-18(21)19-16/h1-5,7,9,12H,6,8,10-11H2,(H,19,21). The van der Waals surface area contributed by atoms with Gasteiger partial charge in [0.25, 0.3) is 0 Å². The Morgan fingerprint density at radius 1 is 1.05 bits per heavy atom. The molecule has 0 atom stereocenters. The molecule has 21 heavy (non-hydrogen) atoms. The van der Waals surface area contributed by atoms with Gasteiger partial charge in [-0.1, -0.05) is 30.3 Å². The summed E-state index contributed by atoms with van der Waals surface area (Å²) in [6.45, 7) is 0. The molecule has 0 spiro atoms. The minimum atomic E-state index is 0.0469. The van der Waals surface area contributed by atoms with Crippen LogP contribution in [0.4, 0.5) is 5.69 Å². The highest BCUT2D eigenvalue weighted by Gasteiger charge is 2.16. The number of carbonyl (C=O) groups excluding carboxylic acids is 2. The van der Waals surface area contributed by atoms with E-state index in [0.717, 1.165) is 23.2 Å². The molecular weight excluding hydrogens is 262 g/mol. The molecule has 3 heteroatoms. The lowest BCUT2D eigenvalue weighted by atomic mass is 9.96. The van der Waals surface area contributed by atoms with Crippen molar-refractivity contribution in [2.45, 2.75) is 25.7 Å². The van der Waals surface area contributed by atoms with E-state index in [0.29, 0.717) is 19.3 Å². The number of rotatable bonds is 4. The summed E-state index contributed by atoms with van der Waals surface area (Å²) in [5, 5.41) is 2.83. The van der Waals surface area contributed by atoms with Gasteiger partial charge in [0.2, 0.25) is 5.91 Å². The van der Waals surface area contributed by atoms with E-state index < -0.39 is 0 Å². The van der Waals surface area contributed by atoms with E-state index in [9.17, 15) is 9.59 Å². The van der Waals surface area contributed by atoms with E-state index >= 15 is 0 Å². The molecule has 0 saturated carbocycles. The second kappa shape index (κ2) is 5.92. The predicted molar refractivity (Wildman–Crippen MR) is 82.5 cm³/mol. The molecule has 1 aliphatic rings. The number of hydrogen-bond acceptors (Lipinski definition) is 2. The Labute approximate surface area is 124 Å². The zero-order valence-corrected chi connectivity index (χ0v) is 11.8. The predicted octanol–water partition coefficient (Wildman–Crippen LogP) is 3.39. The molecule has 3 nitrogen and oxygen atoms in total. The molecule has 1 amide bonds. The largest absolute Gasteiger partial charge is 0.326 e. The molecule has 0 aromatic heterocycles. The maximum atomic E-state index is 12.3. The highest BCUT2D eigenvalue weighted by atomic mass is 16.1. The van der Waals surface area contributed by atoms with Gasteiger partial charge in [-0.2, -0.15) is 0 Å². The summed E-state index contributed by atoms with van der Waals surface area (Å²) in [5.41, 5.74) is 3.81. The average Bonchev–Trinajstić information content (AvgIpc) is 2.53. The van der Waals surface area contributed by atoms with Gasteiger partial charge in [0, 0.05) is 24.1 Å². The van der Waals surface area contributed by atoms with Gasteiger partial charge in [-0.15, -0.1) is 0 Å². The first kappa shape index (κ1) is 13.6. The molecule has 0 bridgehead atoms. The van der Waals surface area contributed by atoms with Crippen LogP contribution < -0.4 is 5.32 Å². The van der Waals surface area contributed by atoms with Gasteiger partial charge in [0.1, 0.15) is 0 Å². The molecule has 1 N–H and O–H groups in total. The van der Waals surface area contributed by atoms with Crippen LogP contribution in [0.15, 0.2) is 48.5 Å². The Balaban J connectivity index is 1.69. The van der Waals surface area contributed by atoms with Crippen LogP contribution in [0.5, 0.6) is 0 Å². The summed E-state index contributed by atoms with van der Waals surface area (Å²) < 4.78 is 0. The van der Waals surface area contributed by atoms with Crippen molar-refractivity contribution in [3.8, 4) is 0 Å². The monoisotopic (exact) mass is 279 g/mol. The van der Waals surface area contributed by atoms with Gasteiger partial charge in [-0.05, 0) is 42.2 Å². The zero-order chi connectivity index (χ0) is 14.7. The van der Waals surface area contributed by atoms with Crippen LogP contribution >= 0.6 is 0 Å². The van der Waals surface area contributed by atoms with Gasteiger partial charge in [-0.3, -0.25) is 9.59 Å². The molecule has 106 valence electrons. The fraction of sp³-hybridized carbons (Fsp3) is 0.222. The maximum Gasteiger partial charge on any atom is 0.224 e. The van der Waals surface area contributed by atoms with Gasteiger partial charge < -0.3 is 5.32 Å². The quantitative estimate of drug-likeness (QED) is 0.872. The molecule has 1 aliphatic heterocycles. The van der Waals surface area contributed by atoms with Gasteiger partial charge in [-0.25, -0.2) is 0 Å². The Kier molecular flexibility index (Phi) is 3.82. The molecule has 2 aromatic carbocycles. The van der Waals surface area contributed by atoms with E-state index in [2.05, 4.69) is 5.32 Å². The van der Waals surface area contributed by atoms with Crippen molar-refractivity contribution in [2.75, 3.05) is 5.32 Å². The maximum absolute atomic E-state index is 12.3. The average molecular weight is 279 g/mol. The molecule has 2 aromatic rings. The molecule has 0 radical (unpaired) electrons. The third-order valence-corrected chi connectivity index (χ3v) is 3.81. The summed E-state index contributed by atoms with van der Waals surface area (Å²) in [6, 6.07) is 15.6. The Morgan fingerprint density at radius 2 is 1.86 bits per heavy atom. The highest BCUT2D eigenvalue weighted by molar-refractivity contribution is 5.99. The summed E-state index contributed by atoms with van der Waals surface area (Å²) >= 11 is 0. The van der Waals surface area contributed by atoms with Crippen molar-refractivity contribution in [3.05, 3.63) is 65.2 Å². The van der Waals surface area contributed by atoms with Crippen LogP contribution in [-0.2, 0) is 17.6 Å². The van der Waals surface area contributed by atoms with E-state index in [1.54, 1.807) is 6.07 Å². The Morgan fingerprint density at radius 3 is 2.67 bits per heavy atom. The lowest BCUT2D eigenvalue weighted by Crippen LogP contribution is -2.19. The van der Waals surface area contributed by atoms with Crippen molar-refractivity contribution in [1.82, 2.24) is 0 Å². The van der Waals surface area contributed by atoms with Crippen molar-refractivity contribution >= 4 is 17.4 Å². The normalized spacial score (nSPS) is 13.4. The number of ketones is 1. The number of benzene rings is 2. The van der Waals surface area contributed by atoms with Crippen LogP contribution in [0.25, 0.3) is 0 Å². The highest BCUT2D eigenvalue weighted by Crippen LogP contribution is 2.24. The first-order valence-corrected chi connectivity index (χ1v) is 7.22. The van der Waals surface area contributed by atoms with Crippen molar-refractivity contribution < 1.29 is 9.59 Å². The van der Waals surface area contributed by atoms with Gasteiger partial charge in [0.05, 0.1) is 0 Å². The van der Waals surface area contributed by atoms with Crippen molar-refractivity contribution in [3.63, 3.8) is 0 Å². The SMILES string of the molecule is O=C1CCc2cc(C(=O)CCc3ccccc3)ccc2N1. The number of hydrogen-bond donors (Lipinski definition) is 1. The fourth-order valence-corrected chi connectivity index (χ4v) is 2.60. The number of carbonyl (C=O) groups is 2.